The molecule has 22 heavy (non-hydrogen) atoms. The Morgan fingerprint density at radius 1 is 1.27 bits per heavy atom. The maximum atomic E-state index is 12.6. The summed E-state index contributed by atoms with van der Waals surface area (Å²) >= 11 is 0. The lowest BCUT2D eigenvalue weighted by atomic mass is 9.76. The fourth-order valence-corrected chi connectivity index (χ4v) is 3.18. The van der Waals surface area contributed by atoms with Crippen molar-refractivity contribution in [3.05, 3.63) is 35.4 Å². The quantitative estimate of drug-likeness (QED) is 0.908. The summed E-state index contributed by atoms with van der Waals surface area (Å²) in [5, 5.41) is 9.56. The van der Waals surface area contributed by atoms with Crippen LogP contribution in [0.1, 0.15) is 49.5 Å². The molecule has 4 nitrogen and oxygen atoms in total. The number of carboxylic acid groups (broad SMARTS) is 1. The molecule has 0 bridgehead atoms. The lowest BCUT2D eigenvalue weighted by Gasteiger charge is -2.28. The molecule has 1 atom stereocenters. The smallest absolute Gasteiger partial charge is 0.311 e. The summed E-state index contributed by atoms with van der Waals surface area (Å²) < 4.78 is 0. The van der Waals surface area contributed by atoms with E-state index in [4.69, 9.17) is 0 Å². The number of rotatable bonds is 5. The largest absolute Gasteiger partial charge is 0.481 e. The van der Waals surface area contributed by atoms with Gasteiger partial charge >= 0.3 is 5.97 Å². The molecule has 1 heterocycles. The van der Waals surface area contributed by atoms with Crippen LogP contribution in [0.2, 0.25) is 0 Å². The summed E-state index contributed by atoms with van der Waals surface area (Å²) in [7, 11) is 0. The normalized spacial score (nSPS) is 21.4. The molecule has 0 aromatic heterocycles. The zero-order chi connectivity index (χ0) is 16.3. The predicted octanol–water partition coefficient (Wildman–Crippen LogP) is 3.21. The maximum absolute atomic E-state index is 12.6. The van der Waals surface area contributed by atoms with Crippen molar-refractivity contribution in [1.29, 1.82) is 0 Å². The Morgan fingerprint density at radius 3 is 2.36 bits per heavy atom. The van der Waals surface area contributed by atoms with Gasteiger partial charge in [0.05, 0.1) is 5.41 Å². The summed E-state index contributed by atoms with van der Waals surface area (Å²) in [5.41, 5.74) is 1.06. The summed E-state index contributed by atoms with van der Waals surface area (Å²) in [6.45, 7) is 6.78. The van der Waals surface area contributed by atoms with Crippen LogP contribution in [0, 0.1) is 11.3 Å². The van der Waals surface area contributed by atoms with Gasteiger partial charge in [-0.05, 0) is 36.5 Å². The van der Waals surface area contributed by atoms with Crippen molar-refractivity contribution in [2.24, 2.45) is 11.3 Å². The summed E-state index contributed by atoms with van der Waals surface area (Å²) in [5.74, 6) is -0.849. The number of benzene rings is 1. The van der Waals surface area contributed by atoms with E-state index in [1.807, 2.05) is 38.1 Å². The van der Waals surface area contributed by atoms with E-state index in [1.165, 1.54) is 5.56 Å². The lowest BCUT2D eigenvalue weighted by molar-refractivity contribution is -0.150. The number of likely N-dealkylation sites (tertiary alicyclic amines) is 1. The van der Waals surface area contributed by atoms with E-state index in [0.29, 0.717) is 25.1 Å². The topological polar surface area (TPSA) is 57.6 Å². The third-order valence-corrected chi connectivity index (χ3v) is 4.86. The Balaban J connectivity index is 2.12. The van der Waals surface area contributed by atoms with E-state index in [2.05, 4.69) is 6.92 Å². The molecule has 1 unspecified atom stereocenters. The fraction of sp³-hybridized carbons (Fsp3) is 0.556. The van der Waals surface area contributed by atoms with Crippen molar-refractivity contribution in [3.63, 3.8) is 0 Å². The number of nitrogens with zero attached hydrogens (tertiary/aromatic N) is 1. The standard InChI is InChI=1S/C18H25NO3/c1-4-5-14-6-8-15(9-7-14)16(20)19-11-10-18(12-19,13(2)3)17(21)22/h6-9,13H,4-5,10-12H2,1-3H3,(H,21,22). The highest BCUT2D eigenvalue weighted by atomic mass is 16.4. The van der Waals surface area contributed by atoms with Crippen molar-refractivity contribution >= 4 is 11.9 Å². The molecule has 1 saturated heterocycles. The zero-order valence-corrected chi connectivity index (χ0v) is 13.6. The molecule has 1 fully saturated rings. The Hall–Kier alpha value is -1.84. The van der Waals surface area contributed by atoms with Crippen LogP contribution in [0.15, 0.2) is 24.3 Å². The first-order chi connectivity index (χ1) is 10.4. The molecule has 2 rings (SSSR count). The molecule has 1 aliphatic rings. The van der Waals surface area contributed by atoms with Gasteiger partial charge in [-0.25, -0.2) is 0 Å². The van der Waals surface area contributed by atoms with Gasteiger partial charge in [-0.1, -0.05) is 39.3 Å². The second kappa shape index (κ2) is 6.51. The SMILES string of the molecule is CCCc1ccc(C(=O)N2CCC(C(=O)O)(C(C)C)C2)cc1. The number of aliphatic carboxylic acids is 1. The van der Waals surface area contributed by atoms with E-state index >= 15 is 0 Å². The highest BCUT2D eigenvalue weighted by Crippen LogP contribution is 2.38. The van der Waals surface area contributed by atoms with Crippen molar-refractivity contribution in [3.8, 4) is 0 Å². The molecule has 1 aromatic rings. The molecule has 4 heteroatoms. The summed E-state index contributed by atoms with van der Waals surface area (Å²) in [6, 6.07) is 7.67. The van der Waals surface area contributed by atoms with Crippen LogP contribution in [0.3, 0.4) is 0 Å². The van der Waals surface area contributed by atoms with Crippen LogP contribution in [-0.2, 0) is 11.2 Å². The average Bonchev–Trinajstić information content (AvgIpc) is 2.94. The maximum Gasteiger partial charge on any atom is 0.311 e. The first-order valence-electron chi connectivity index (χ1n) is 8.02. The highest BCUT2D eigenvalue weighted by molar-refractivity contribution is 5.95. The van der Waals surface area contributed by atoms with Crippen molar-refractivity contribution in [2.75, 3.05) is 13.1 Å². The van der Waals surface area contributed by atoms with E-state index in [-0.39, 0.29) is 11.8 Å². The van der Waals surface area contributed by atoms with E-state index in [1.54, 1.807) is 4.90 Å². The Labute approximate surface area is 132 Å². The van der Waals surface area contributed by atoms with Crippen molar-refractivity contribution < 1.29 is 14.7 Å². The van der Waals surface area contributed by atoms with Gasteiger partial charge in [-0.15, -0.1) is 0 Å². The van der Waals surface area contributed by atoms with Crippen molar-refractivity contribution in [2.45, 2.75) is 40.0 Å². The number of carboxylic acids is 1. The van der Waals surface area contributed by atoms with Gasteiger partial charge in [0.15, 0.2) is 0 Å². The van der Waals surface area contributed by atoms with Crippen LogP contribution < -0.4 is 0 Å². The number of carbonyl (C=O) groups is 2. The number of aryl methyl sites for hydroxylation is 1. The van der Waals surface area contributed by atoms with Crippen LogP contribution >= 0.6 is 0 Å². The minimum absolute atomic E-state index is 0.00901. The van der Waals surface area contributed by atoms with E-state index < -0.39 is 11.4 Å². The molecule has 0 spiro atoms. The second-order valence-electron chi connectivity index (χ2n) is 6.54. The minimum atomic E-state index is -0.808. The minimum Gasteiger partial charge on any atom is -0.481 e. The van der Waals surface area contributed by atoms with E-state index in [0.717, 1.165) is 12.8 Å². The number of amides is 1. The lowest BCUT2D eigenvalue weighted by Crippen LogP contribution is -2.40. The van der Waals surface area contributed by atoms with Gasteiger partial charge in [0.25, 0.3) is 5.91 Å². The Kier molecular flexibility index (Phi) is 4.89. The van der Waals surface area contributed by atoms with Crippen molar-refractivity contribution in [1.82, 2.24) is 4.90 Å². The Bertz CT molecular complexity index is 550. The molecule has 1 aliphatic heterocycles. The molecular formula is C18H25NO3. The second-order valence-corrected chi connectivity index (χ2v) is 6.54. The number of hydrogen-bond acceptors (Lipinski definition) is 2. The number of hydrogen-bond donors (Lipinski definition) is 1. The highest BCUT2D eigenvalue weighted by Gasteiger charge is 2.48. The van der Waals surface area contributed by atoms with E-state index in [9.17, 15) is 14.7 Å². The third-order valence-electron chi connectivity index (χ3n) is 4.86. The van der Waals surface area contributed by atoms with Gasteiger partial charge in [0.1, 0.15) is 0 Å². The van der Waals surface area contributed by atoms with Gasteiger partial charge in [-0.3, -0.25) is 9.59 Å². The molecule has 1 aromatic carbocycles. The molecule has 1 N–H and O–H groups in total. The molecular weight excluding hydrogens is 278 g/mol. The summed E-state index contributed by atoms with van der Waals surface area (Å²) in [4.78, 5) is 25.9. The summed E-state index contributed by atoms with van der Waals surface area (Å²) in [6.07, 6.45) is 2.61. The molecule has 1 amide bonds. The monoisotopic (exact) mass is 303 g/mol. The van der Waals surface area contributed by atoms with Crippen LogP contribution in [0.4, 0.5) is 0 Å². The predicted molar refractivity (Wildman–Crippen MR) is 85.9 cm³/mol. The fourth-order valence-electron chi connectivity index (χ4n) is 3.18. The van der Waals surface area contributed by atoms with Gasteiger partial charge < -0.3 is 10.0 Å². The first-order valence-corrected chi connectivity index (χ1v) is 8.02. The van der Waals surface area contributed by atoms with Crippen LogP contribution in [0.5, 0.6) is 0 Å². The van der Waals surface area contributed by atoms with Gasteiger partial charge in [0, 0.05) is 18.7 Å². The molecule has 0 aliphatic carbocycles. The molecule has 0 saturated carbocycles. The van der Waals surface area contributed by atoms with Gasteiger partial charge in [-0.2, -0.15) is 0 Å². The van der Waals surface area contributed by atoms with Crippen LogP contribution in [0.25, 0.3) is 0 Å². The van der Waals surface area contributed by atoms with Gasteiger partial charge in [0.2, 0.25) is 0 Å². The van der Waals surface area contributed by atoms with Crippen LogP contribution in [-0.4, -0.2) is 35.0 Å². The third kappa shape index (κ3) is 3.01. The average molecular weight is 303 g/mol. The number of carbonyl (C=O) groups excluding carboxylic acids is 1. The molecule has 120 valence electrons. The zero-order valence-electron chi connectivity index (χ0n) is 13.6. The molecule has 0 radical (unpaired) electrons. The first kappa shape index (κ1) is 16.5. The Morgan fingerprint density at radius 2 is 1.91 bits per heavy atom.